The van der Waals surface area contributed by atoms with E-state index in [0.717, 1.165) is 0 Å². The quantitative estimate of drug-likeness (QED) is 0.651. The van der Waals surface area contributed by atoms with Gasteiger partial charge in [0.2, 0.25) is 0 Å². The smallest absolute Gasteiger partial charge is 0.315 e. The molecule has 1 fully saturated rings. The largest absolute Gasteiger partial charge is 0.382 e. The van der Waals surface area contributed by atoms with Crippen LogP contribution in [0.3, 0.4) is 0 Å². The summed E-state index contributed by atoms with van der Waals surface area (Å²) >= 11 is 0. The van der Waals surface area contributed by atoms with E-state index in [4.69, 9.17) is 9.47 Å². The van der Waals surface area contributed by atoms with Crippen LogP contribution in [-0.4, -0.2) is 51.5 Å². The molecule has 1 aromatic carbocycles. The van der Waals surface area contributed by atoms with E-state index in [1.165, 1.54) is 0 Å². The minimum absolute atomic E-state index is 0.0848. The molecule has 2 unspecified atom stereocenters. The Balaban J connectivity index is 2.36. The molecular formula is C13H19N3O4. The van der Waals surface area contributed by atoms with E-state index in [1.807, 2.05) is 4.90 Å². The standard InChI is InChI=1S/C13H19N3O4/c1-14-9-5-4-6-10(13(9)16(17)18)15-7-11(19-2)12(8-15)20-3/h4-6,11-12,14H,7-8H2,1-3H3. The van der Waals surface area contributed by atoms with Crippen LogP contribution in [0.1, 0.15) is 0 Å². The van der Waals surface area contributed by atoms with Crippen molar-refractivity contribution in [3.8, 4) is 0 Å². The number of para-hydroxylation sites is 1. The molecule has 0 amide bonds. The van der Waals surface area contributed by atoms with E-state index in [1.54, 1.807) is 39.5 Å². The van der Waals surface area contributed by atoms with Crippen molar-refractivity contribution < 1.29 is 14.4 Å². The first-order valence-corrected chi connectivity index (χ1v) is 6.38. The summed E-state index contributed by atoms with van der Waals surface area (Å²) in [6.45, 7) is 1.14. The minimum atomic E-state index is -0.358. The van der Waals surface area contributed by atoms with Crippen LogP contribution in [-0.2, 0) is 9.47 Å². The van der Waals surface area contributed by atoms with Crippen molar-refractivity contribution in [1.29, 1.82) is 0 Å². The fraction of sp³-hybridized carbons (Fsp3) is 0.538. The monoisotopic (exact) mass is 281 g/mol. The highest BCUT2D eigenvalue weighted by molar-refractivity contribution is 5.77. The maximum Gasteiger partial charge on any atom is 0.315 e. The van der Waals surface area contributed by atoms with Gasteiger partial charge >= 0.3 is 5.69 Å². The zero-order chi connectivity index (χ0) is 14.7. The number of ether oxygens (including phenoxy) is 2. The molecule has 0 aliphatic carbocycles. The van der Waals surface area contributed by atoms with E-state index in [-0.39, 0.29) is 22.8 Å². The lowest BCUT2D eigenvalue weighted by atomic mass is 10.2. The molecule has 7 heteroatoms. The van der Waals surface area contributed by atoms with Gasteiger partial charge in [0, 0.05) is 34.4 Å². The number of nitrogens with zero attached hydrogens (tertiary/aromatic N) is 2. The normalized spacial score (nSPS) is 22.1. The van der Waals surface area contributed by atoms with Crippen LogP contribution < -0.4 is 10.2 Å². The van der Waals surface area contributed by atoms with Crippen molar-refractivity contribution >= 4 is 17.1 Å². The SMILES string of the molecule is CNc1cccc(N2CC(OC)C(OC)C2)c1[N+](=O)[O-]. The Kier molecular flexibility index (Phi) is 4.41. The number of nitro benzene ring substituents is 1. The molecule has 0 spiro atoms. The van der Waals surface area contributed by atoms with E-state index >= 15 is 0 Å². The molecule has 0 radical (unpaired) electrons. The molecule has 1 saturated heterocycles. The van der Waals surface area contributed by atoms with Gasteiger partial charge in [-0.15, -0.1) is 0 Å². The average Bonchev–Trinajstić information content (AvgIpc) is 2.89. The van der Waals surface area contributed by atoms with Crippen molar-refractivity contribution in [3.63, 3.8) is 0 Å². The molecule has 7 nitrogen and oxygen atoms in total. The van der Waals surface area contributed by atoms with Gasteiger partial charge in [-0.25, -0.2) is 0 Å². The lowest BCUT2D eigenvalue weighted by molar-refractivity contribution is -0.383. The molecule has 110 valence electrons. The summed E-state index contributed by atoms with van der Waals surface area (Å²) in [5.41, 5.74) is 1.17. The van der Waals surface area contributed by atoms with Crippen LogP contribution in [0, 0.1) is 10.1 Å². The van der Waals surface area contributed by atoms with Gasteiger partial charge in [0.05, 0.1) is 4.92 Å². The number of hydrogen-bond donors (Lipinski definition) is 1. The second kappa shape index (κ2) is 6.06. The highest BCUT2D eigenvalue weighted by atomic mass is 16.6. The van der Waals surface area contributed by atoms with E-state index in [2.05, 4.69) is 5.32 Å². The number of benzene rings is 1. The Morgan fingerprint density at radius 3 is 2.35 bits per heavy atom. The lowest BCUT2D eigenvalue weighted by Gasteiger charge is -2.19. The fourth-order valence-electron chi connectivity index (χ4n) is 2.57. The predicted molar refractivity (Wildman–Crippen MR) is 76.5 cm³/mol. The van der Waals surface area contributed by atoms with Crippen LogP contribution in [0.25, 0.3) is 0 Å². The molecule has 1 aromatic rings. The van der Waals surface area contributed by atoms with Crippen LogP contribution in [0.2, 0.25) is 0 Å². The Morgan fingerprint density at radius 2 is 1.90 bits per heavy atom. The zero-order valence-corrected chi connectivity index (χ0v) is 11.8. The molecule has 1 heterocycles. The summed E-state index contributed by atoms with van der Waals surface area (Å²) in [5, 5.41) is 14.2. The summed E-state index contributed by atoms with van der Waals surface area (Å²) in [4.78, 5) is 12.9. The van der Waals surface area contributed by atoms with E-state index in [0.29, 0.717) is 24.5 Å². The molecule has 20 heavy (non-hydrogen) atoms. The van der Waals surface area contributed by atoms with Gasteiger partial charge in [0.1, 0.15) is 23.6 Å². The maximum absolute atomic E-state index is 11.3. The van der Waals surface area contributed by atoms with Crippen molar-refractivity contribution in [2.24, 2.45) is 0 Å². The fourth-order valence-corrected chi connectivity index (χ4v) is 2.57. The van der Waals surface area contributed by atoms with Gasteiger partial charge in [-0.2, -0.15) is 0 Å². The van der Waals surface area contributed by atoms with E-state index in [9.17, 15) is 10.1 Å². The second-order valence-corrected chi connectivity index (χ2v) is 4.63. The van der Waals surface area contributed by atoms with Gasteiger partial charge < -0.3 is 19.7 Å². The Bertz CT molecular complexity index is 483. The van der Waals surface area contributed by atoms with Gasteiger partial charge in [-0.1, -0.05) is 6.07 Å². The highest BCUT2D eigenvalue weighted by Crippen LogP contribution is 2.37. The van der Waals surface area contributed by atoms with Gasteiger partial charge in [0.25, 0.3) is 0 Å². The van der Waals surface area contributed by atoms with Gasteiger partial charge in [-0.3, -0.25) is 10.1 Å². The van der Waals surface area contributed by atoms with Crippen LogP contribution in [0.4, 0.5) is 17.1 Å². The molecule has 1 aliphatic heterocycles. The summed E-state index contributed by atoms with van der Waals surface area (Å²) in [7, 11) is 4.92. The predicted octanol–water partition coefficient (Wildman–Crippen LogP) is 1.49. The van der Waals surface area contributed by atoms with Crippen molar-refractivity contribution in [3.05, 3.63) is 28.3 Å². The minimum Gasteiger partial charge on any atom is -0.382 e. The summed E-state index contributed by atoms with van der Waals surface area (Å²) in [5.74, 6) is 0. The van der Waals surface area contributed by atoms with Crippen molar-refractivity contribution in [2.45, 2.75) is 12.2 Å². The highest BCUT2D eigenvalue weighted by Gasteiger charge is 2.36. The zero-order valence-electron chi connectivity index (χ0n) is 11.8. The molecule has 0 aromatic heterocycles. The summed E-state index contributed by atoms with van der Waals surface area (Å²) in [6, 6.07) is 5.25. The van der Waals surface area contributed by atoms with Crippen LogP contribution >= 0.6 is 0 Å². The summed E-state index contributed by atoms with van der Waals surface area (Å²) < 4.78 is 10.7. The summed E-state index contributed by atoms with van der Waals surface area (Å²) in [6.07, 6.45) is -0.171. The third kappa shape index (κ3) is 2.54. The molecular weight excluding hydrogens is 262 g/mol. The number of hydrogen-bond acceptors (Lipinski definition) is 6. The van der Waals surface area contributed by atoms with Gasteiger partial charge in [0.15, 0.2) is 0 Å². The molecule has 1 N–H and O–H groups in total. The second-order valence-electron chi connectivity index (χ2n) is 4.63. The third-order valence-corrected chi connectivity index (χ3v) is 3.63. The van der Waals surface area contributed by atoms with Crippen LogP contribution in [0.5, 0.6) is 0 Å². The Labute approximate surface area is 117 Å². The molecule has 1 aliphatic rings. The lowest BCUT2D eigenvalue weighted by Crippen LogP contribution is -2.27. The Morgan fingerprint density at radius 1 is 1.30 bits per heavy atom. The first-order chi connectivity index (χ1) is 9.62. The Hall–Kier alpha value is -1.86. The molecule has 2 rings (SSSR count). The number of anilines is 2. The first kappa shape index (κ1) is 14.5. The van der Waals surface area contributed by atoms with Crippen molar-refractivity contribution in [1.82, 2.24) is 0 Å². The third-order valence-electron chi connectivity index (χ3n) is 3.63. The number of methoxy groups -OCH3 is 2. The van der Waals surface area contributed by atoms with E-state index < -0.39 is 0 Å². The maximum atomic E-state index is 11.3. The molecule has 0 saturated carbocycles. The first-order valence-electron chi connectivity index (χ1n) is 6.38. The average molecular weight is 281 g/mol. The van der Waals surface area contributed by atoms with Crippen molar-refractivity contribution in [2.75, 3.05) is 44.6 Å². The number of rotatable bonds is 5. The number of nitro groups is 1. The topological polar surface area (TPSA) is 76.9 Å². The van der Waals surface area contributed by atoms with Gasteiger partial charge in [-0.05, 0) is 12.1 Å². The molecule has 2 atom stereocenters. The van der Waals surface area contributed by atoms with Crippen LogP contribution in [0.15, 0.2) is 18.2 Å². The molecule has 0 bridgehead atoms. The number of nitrogens with one attached hydrogen (secondary N) is 1.